The zero-order valence-electron chi connectivity index (χ0n) is 17.3. The number of aliphatic carboxylic acids is 1. The molecular weight excluding hydrogens is 396 g/mol. The van der Waals surface area contributed by atoms with Gasteiger partial charge in [-0.15, -0.1) is 0 Å². The molecular formula is C24H30N2O3S. The third-order valence-corrected chi connectivity index (χ3v) is 8.05. The topological polar surface area (TPSA) is 61.8 Å². The number of fused-ring (bicyclic) bond motifs is 4. The van der Waals surface area contributed by atoms with Crippen molar-refractivity contribution in [1.82, 2.24) is 10.2 Å². The van der Waals surface area contributed by atoms with E-state index in [1.807, 2.05) is 0 Å². The number of aryl methyl sites for hydroxylation is 1. The fourth-order valence-corrected chi connectivity index (χ4v) is 6.87. The van der Waals surface area contributed by atoms with Gasteiger partial charge in [-0.3, -0.25) is 5.32 Å². The predicted molar refractivity (Wildman–Crippen MR) is 119 cm³/mol. The lowest BCUT2D eigenvalue weighted by atomic mass is 9.82. The molecule has 2 bridgehead atoms. The van der Waals surface area contributed by atoms with Crippen LogP contribution in [0.2, 0.25) is 0 Å². The molecule has 2 saturated heterocycles. The third kappa shape index (κ3) is 3.93. The smallest absolute Gasteiger partial charge is 0.334 e. The lowest BCUT2D eigenvalue weighted by molar-refractivity contribution is -0.133. The number of hydrogen-bond acceptors (Lipinski definition) is 5. The van der Waals surface area contributed by atoms with E-state index in [-0.39, 0.29) is 11.6 Å². The molecule has 0 radical (unpaired) electrons. The van der Waals surface area contributed by atoms with Gasteiger partial charge in [-0.05, 0) is 56.1 Å². The normalized spacial score (nSPS) is 28.7. The van der Waals surface area contributed by atoms with Crippen molar-refractivity contribution in [1.29, 1.82) is 0 Å². The van der Waals surface area contributed by atoms with Gasteiger partial charge in [0.15, 0.2) is 0 Å². The molecule has 0 saturated carbocycles. The summed E-state index contributed by atoms with van der Waals surface area (Å²) in [6.07, 6.45) is 7.31. The molecule has 4 heterocycles. The molecule has 0 spiro atoms. The van der Waals surface area contributed by atoms with Crippen molar-refractivity contribution in [2.24, 2.45) is 5.92 Å². The Kier molecular flexibility index (Phi) is 5.89. The van der Waals surface area contributed by atoms with E-state index in [1.54, 1.807) is 11.8 Å². The first kappa shape index (κ1) is 20.2. The molecule has 4 aliphatic rings. The van der Waals surface area contributed by atoms with E-state index in [9.17, 15) is 9.90 Å². The predicted octanol–water partition coefficient (Wildman–Crippen LogP) is 4.13. The Morgan fingerprint density at radius 1 is 1.17 bits per heavy atom. The van der Waals surface area contributed by atoms with Gasteiger partial charge in [0, 0.05) is 36.2 Å². The van der Waals surface area contributed by atoms with Crippen LogP contribution < -0.4 is 5.32 Å². The second-order valence-corrected chi connectivity index (χ2v) is 9.81. The highest BCUT2D eigenvalue weighted by Crippen LogP contribution is 2.52. The van der Waals surface area contributed by atoms with Gasteiger partial charge in [-0.2, -0.15) is 0 Å². The summed E-state index contributed by atoms with van der Waals surface area (Å²) < 4.78 is 5.87. The van der Waals surface area contributed by atoms with E-state index in [2.05, 4.69) is 40.5 Å². The maximum Gasteiger partial charge on any atom is 0.334 e. The van der Waals surface area contributed by atoms with Crippen molar-refractivity contribution in [2.45, 2.75) is 56.5 Å². The second kappa shape index (κ2) is 8.77. The lowest BCUT2D eigenvalue weighted by Crippen LogP contribution is -2.42. The monoisotopic (exact) mass is 426 g/mol. The summed E-state index contributed by atoms with van der Waals surface area (Å²) in [6.45, 7) is 2.81. The Bertz CT molecular complexity index is 860. The van der Waals surface area contributed by atoms with Gasteiger partial charge in [-0.1, -0.05) is 42.1 Å². The highest BCUT2D eigenvalue weighted by Gasteiger charge is 2.44. The van der Waals surface area contributed by atoms with E-state index < -0.39 is 5.97 Å². The fraction of sp³-hybridized carbons (Fsp3) is 0.542. The molecule has 1 aromatic carbocycles. The zero-order chi connectivity index (χ0) is 20.5. The van der Waals surface area contributed by atoms with Crippen molar-refractivity contribution >= 4 is 17.7 Å². The van der Waals surface area contributed by atoms with Gasteiger partial charge in [0.1, 0.15) is 6.23 Å². The van der Waals surface area contributed by atoms with Crippen molar-refractivity contribution in [2.75, 3.05) is 19.7 Å². The molecule has 30 heavy (non-hydrogen) atoms. The molecule has 0 amide bonds. The van der Waals surface area contributed by atoms with Gasteiger partial charge >= 0.3 is 5.97 Å². The number of nitrogens with one attached hydrogen (secondary N) is 1. The summed E-state index contributed by atoms with van der Waals surface area (Å²) >= 11 is 1.72. The molecule has 0 aliphatic carbocycles. The van der Waals surface area contributed by atoms with E-state index in [1.165, 1.54) is 16.2 Å². The Labute approximate surface area is 182 Å². The largest absolute Gasteiger partial charge is 0.478 e. The van der Waals surface area contributed by atoms with Crippen molar-refractivity contribution < 1.29 is 14.6 Å². The van der Waals surface area contributed by atoms with Crippen LogP contribution in [0, 0.1) is 5.92 Å². The number of rotatable bonds is 6. The van der Waals surface area contributed by atoms with Crippen LogP contribution in [0.4, 0.5) is 0 Å². The van der Waals surface area contributed by atoms with Crippen molar-refractivity contribution in [3.8, 4) is 0 Å². The summed E-state index contributed by atoms with van der Waals surface area (Å²) in [5.74, 6) is -0.436. The van der Waals surface area contributed by atoms with Gasteiger partial charge in [0.25, 0.3) is 0 Å². The number of nitrogens with zero attached hydrogens (tertiary/aromatic N) is 1. The highest BCUT2D eigenvalue weighted by atomic mass is 32.2. The fourth-order valence-electron chi connectivity index (χ4n) is 5.30. The first-order valence-electron chi connectivity index (χ1n) is 11.2. The van der Waals surface area contributed by atoms with E-state index in [4.69, 9.17) is 4.74 Å². The molecule has 6 heteroatoms. The summed E-state index contributed by atoms with van der Waals surface area (Å²) in [4.78, 5) is 16.1. The van der Waals surface area contributed by atoms with Crippen LogP contribution in [0.15, 0.2) is 52.1 Å². The lowest BCUT2D eigenvalue weighted by Gasteiger charge is -2.42. The van der Waals surface area contributed by atoms with Crippen LogP contribution in [-0.2, 0) is 16.0 Å². The summed E-state index contributed by atoms with van der Waals surface area (Å²) in [7, 11) is 0. The number of allylic oxidation sites excluding steroid dienone is 2. The van der Waals surface area contributed by atoms with Gasteiger partial charge in [-0.25, -0.2) is 4.79 Å². The molecule has 5 rings (SSSR count). The van der Waals surface area contributed by atoms with Crippen molar-refractivity contribution in [3.63, 3.8) is 0 Å². The number of carbonyl (C=O) groups is 1. The Balaban J connectivity index is 1.47. The maximum absolute atomic E-state index is 12.4. The summed E-state index contributed by atoms with van der Waals surface area (Å²) in [5.41, 5.74) is 4.37. The van der Waals surface area contributed by atoms with Crippen LogP contribution in [0.25, 0.3) is 0 Å². The van der Waals surface area contributed by atoms with Crippen LogP contribution in [-0.4, -0.2) is 47.3 Å². The summed E-state index contributed by atoms with van der Waals surface area (Å²) in [5, 5.41) is 13.5. The van der Waals surface area contributed by atoms with Crippen LogP contribution in [0.1, 0.15) is 44.1 Å². The molecule has 5 nitrogen and oxygen atoms in total. The minimum atomic E-state index is -0.776. The van der Waals surface area contributed by atoms with E-state index >= 15 is 0 Å². The molecule has 160 valence electrons. The van der Waals surface area contributed by atoms with E-state index in [0.717, 1.165) is 70.2 Å². The Morgan fingerprint density at radius 2 is 2.03 bits per heavy atom. The quantitative estimate of drug-likeness (QED) is 0.713. The number of piperidine rings is 1. The van der Waals surface area contributed by atoms with Crippen LogP contribution >= 0.6 is 11.8 Å². The average Bonchev–Trinajstić information content (AvgIpc) is 3.15. The molecule has 1 aromatic rings. The van der Waals surface area contributed by atoms with Gasteiger partial charge in [0.2, 0.25) is 0 Å². The molecule has 2 N–H and O–H groups in total. The number of hydrogen-bond donors (Lipinski definition) is 2. The van der Waals surface area contributed by atoms with Crippen molar-refractivity contribution in [3.05, 3.63) is 57.6 Å². The van der Waals surface area contributed by atoms with Crippen LogP contribution in [0.3, 0.4) is 0 Å². The average molecular weight is 427 g/mol. The Morgan fingerprint density at radius 3 is 2.80 bits per heavy atom. The first-order chi connectivity index (χ1) is 14.7. The number of carboxylic acids is 1. The van der Waals surface area contributed by atoms with E-state index in [0.29, 0.717) is 11.5 Å². The molecule has 2 fully saturated rings. The first-order valence-corrected chi connectivity index (χ1v) is 12.1. The second-order valence-electron chi connectivity index (χ2n) is 8.70. The third-order valence-electron chi connectivity index (χ3n) is 6.75. The molecule has 0 aromatic heterocycles. The minimum Gasteiger partial charge on any atom is -0.478 e. The van der Waals surface area contributed by atoms with Crippen LogP contribution in [0.5, 0.6) is 0 Å². The molecule has 4 aliphatic heterocycles. The molecule has 3 unspecified atom stereocenters. The van der Waals surface area contributed by atoms with Gasteiger partial charge in [0.05, 0.1) is 10.9 Å². The highest BCUT2D eigenvalue weighted by molar-refractivity contribution is 8.04. The number of ether oxygens (including phenoxy) is 1. The Hall–Kier alpha value is -1.76. The SMILES string of the molecule is O=C(O)C1=C2C(=C(CCc3ccccc3)N3CCCC2C3)SC1NC1CCCCO1. The zero-order valence-corrected chi connectivity index (χ0v) is 18.1. The molecule has 3 atom stereocenters. The maximum atomic E-state index is 12.4. The number of carboxylic acid groups (broad SMARTS) is 1. The number of benzene rings is 1. The standard InChI is InChI=1S/C24H30N2O3S/c27-24(28)21-20-17-9-6-13-26(15-17)18(12-11-16-7-2-1-3-8-16)22(20)30-23(21)25-19-10-4-5-14-29-19/h1-3,7-8,17,19,23,25H,4-6,9-15H2,(H,27,28). The van der Waals surface area contributed by atoms with Gasteiger partial charge < -0.3 is 14.7 Å². The minimum absolute atomic E-state index is 0.0422. The number of thioether (sulfide) groups is 1. The summed E-state index contributed by atoms with van der Waals surface area (Å²) in [6, 6.07) is 10.6.